The maximum Gasteiger partial charge on any atom is 0.300 e. The Kier molecular flexibility index (Phi) is 5.17. The van der Waals surface area contributed by atoms with Crippen molar-refractivity contribution in [3.05, 3.63) is 95.3 Å². The Morgan fingerprint density at radius 1 is 1.00 bits per heavy atom. The number of ketones is 1. The van der Waals surface area contributed by atoms with Gasteiger partial charge in [0.2, 0.25) is 0 Å². The zero-order chi connectivity index (χ0) is 22.1. The van der Waals surface area contributed by atoms with E-state index in [9.17, 15) is 24.2 Å². The third kappa shape index (κ3) is 3.61. The summed E-state index contributed by atoms with van der Waals surface area (Å²) in [6.45, 7) is 0. The highest BCUT2D eigenvalue weighted by molar-refractivity contribution is 6.51. The van der Waals surface area contributed by atoms with Gasteiger partial charge in [-0.15, -0.1) is 0 Å². The standard InChI is InChI=1S/C24H18FNO5/c1-31-19-11-5-14(6-12-19)22(28)20-21(15-3-2-4-18(27)13-15)26(24(30)23(20)29)17-9-7-16(25)8-10-17/h2-13,21,27-28H,1H3/b22-20-. The van der Waals surface area contributed by atoms with Crippen LogP contribution in [-0.2, 0) is 9.59 Å². The van der Waals surface area contributed by atoms with Crippen molar-refractivity contribution >= 4 is 23.1 Å². The molecule has 4 rings (SSSR count). The number of aliphatic hydroxyl groups is 1. The summed E-state index contributed by atoms with van der Waals surface area (Å²) in [6, 6.07) is 16.5. The number of anilines is 1. The van der Waals surface area contributed by atoms with E-state index >= 15 is 0 Å². The first-order valence-corrected chi connectivity index (χ1v) is 9.40. The monoisotopic (exact) mass is 419 g/mol. The molecule has 31 heavy (non-hydrogen) atoms. The molecule has 3 aromatic carbocycles. The van der Waals surface area contributed by atoms with E-state index in [0.29, 0.717) is 16.9 Å². The zero-order valence-electron chi connectivity index (χ0n) is 16.4. The van der Waals surface area contributed by atoms with Crippen molar-refractivity contribution in [2.75, 3.05) is 12.0 Å². The fraction of sp³-hybridized carbons (Fsp3) is 0.0833. The topological polar surface area (TPSA) is 87.1 Å². The lowest BCUT2D eigenvalue weighted by Gasteiger charge is -2.25. The number of rotatable bonds is 4. The van der Waals surface area contributed by atoms with Crippen molar-refractivity contribution in [1.29, 1.82) is 0 Å². The number of phenolic OH excluding ortho intramolecular Hbond substituents is 1. The molecule has 1 heterocycles. The molecule has 6 nitrogen and oxygen atoms in total. The highest BCUT2D eigenvalue weighted by Gasteiger charge is 2.47. The highest BCUT2D eigenvalue weighted by Crippen LogP contribution is 2.42. The number of hydrogen-bond donors (Lipinski definition) is 2. The molecule has 1 unspecified atom stereocenters. The molecule has 2 N–H and O–H groups in total. The minimum atomic E-state index is -1.01. The third-order valence-corrected chi connectivity index (χ3v) is 5.10. The van der Waals surface area contributed by atoms with Gasteiger partial charge in [-0.1, -0.05) is 12.1 Å². The fourth-order valence-corrected chi connectivity index (χ4v) is 3.62. The second kappa shape index (κ2) is 7.95. The molecule has 1 amide bonds. The number of carbonyl (C=O) groups excluding carboxylic acids is 2. The van der Waals surface area contributed by atoms with Crippen molar-refractivity contribution in [3.63, 3.8) is 0 Å². The first-order valence-electron chi connectivity index (χ1n) is 9.40. The van der Waals surface area contributed by atoms with Crippen LogP contribution in [0.3, 0.4) is 0 Å². The number of hydrogen-bond acceptors (Lipinski definition) is 5. The van der Waals surface area contributed by atoms with E-state index < -0.39 is 23.5 Å². The molecule has 0 aliphatic carbocycles. The minimum absolute atomic E-state index is 0.0633. The van der Waals surface area contributed by atoms with Crippen LogP contribution in [0.2, 0.25) is 0 Å². The predicted octanol–water partition coefficient (Wildman–Crippen LogP) is 4.17. The largest absolute Gasteiger partial charge is 0.508 e. The van der Waals surface area contributed by atoms with E-state index in [1.807, 2.05) is 0 Å². The number of aromatic hydroxyl groups is 1. The van der Waals surface area contributed by atoms with E-state index in [1.54, 1.807) is 36.4 Å². The first kappa shape index (κ1) is 20.2. The molecule has 3 aromatic rings. The number of Topliss-reactive ketones (excluding diaryl/α,β-unsaturated/α-hetero) is 1. The van der Waals surface area contributed by atoms with Gasteiger partial charge in [-0.2, -0.15) is 0 Å². The van der Waals surface area contributed by atoms with Gasteiger partial charge in [0.15, 0.2) is 0 Å². The van der Waals surface area contributed by atoms with Crippen LogP contribution in [0.4, 0.5) is 10.1 Å². The average Bonchev–Trinajstić information content (AvgIpc) is 3.04. The maximum absolute atomic E-state index is 13.4. The second-order valence-corrected chi connectivity index (χ2v) is 6.97. The van der Waals surface area contributed by atoms with Gasteiger partial charge in [0.05, 0.1) is 18.7 Å². The Balaban J connectivity index is 1.92. The van der Waals surface area contributed by atoms with Gasteiger partial charge in [-0.25, -0.2) is 4.39 Å². The third-order valence-electron chi connectivity index (χ3n) is 5.10. The Labute approximate surface area is 177 Å². The second-order valence-electron chi connectivity index (χ2n) is 6.97. The lowest BCUT2D eigenvalue weighted by molar-refractivity contribution is -0.132. The molecular formula is C24H18FNO5. The van der Waals surface area contributed by atoms with Crippen LogP contribution in [0, 0.1) is 5.82 Å². The molecule has 0 bridgehead atoms. The predicted molar refractivity (Wildman–Crippen MR) is 112 cm³/mol. The SMILES string of the molecule is COc1ccc(/C(O)=C2/C(=O)C(=O)N(c3ccc(F)cc3)C2c2cccc(O)c2)cc1. The Morgan fingerprint density at radius 2 is 1.68 bits per heavy atom. The van der Waals surface area contributed by atoms with E-state index in [0.717, 1.165) is 0 Å². The normalized spacial score (nSPS) is 17.7. The van der Waals surface area contributed by atoms with Crippen LogP contribution in [0.1, 0.15) is 17.2 Å². The van der Waals surface area contributed by atoms with Crippen LogP contribution in [0.25, 0.3) is 5.76 Å². The number of methoxy groups -OCH3 is 1. The molecule has 1 aliphatic heterocycles. The summed E-state index contributed by atoms with van der Waals surface area (Å²) in [4.78, 5) is 27.1. The van der Waals surface area contributed by atoms with Crippen molar-refractivity contribution in [2.24, 2.45) is 0 Å². The van der Waals surface area contributed by atoms with Gasteiger partial charge in [-0.3, -0.25) is 14.5 Å². The summed E-state index contributed by atoms with van der Waals surface area (Å²) in [6.07, 6.45) is 0. The summed E-state index contributed by atoms with van der Waals surface area (Å²) in [5, 5.41) is 21.0. The lowest BCUT2D eigenvalue weighted by Crippen LogP contribution is -2.29. The van der Waals surface area contributed by atoms with Gasteiger partial charge in [0.1, 0.15) is 23.1 Å². The molecule has 7 heteroatoms. The number of ether oxygens (including phenoxy) is 1. The molecule has 1 aliphatic rings. The zero-order valence-corrected chi connectivity index (χ0v) is 16.4. The van der Waals surface area contributed by atoms with E-state index in [4.69, 9.17) is 4.74 Å². The summed E-state index contributed by atoms with van der Waals surface area (Å²) < 4.78 is 18.6. The molecule has 0 radical (unpaired) electrons. The molecule has 1 saturated heterocycles. The summed E-state index contributed by atoms with van der Waals surface area (Å²) in [5.41, 5.74) is 0.886. The van der Waals surface area contributed by atoms with Gasteiger partial charge in [0, 0.05) is 11.3 Å². The van der Waals surface area contributed by atoms with Gasteiger partial charge in [-0.05, 0) is 66.2 Å². The number of nitrogens with zero attached hydrogens (tertiary/aromatic N) is 1. The average molecular weight is 419 g/mol. The smallest absolute Gasteiger partial charge is 0.300 e. The number of benzene rings is 3. The van der Waals surface area contributed by atoms with E-state index in [-0.39, 0.29) is 22.8 Å². The summed E-state index contributed by atoms with van der Waals surface area (Å²) >= 11 is 0. The quantitative estimate of drug-likeness (QED) is 0.377. The van der Waals surface area contributed by atoms with E-state index in [1.165, 1.54) is 48.4 Å². The Bertz CT molecular complexity index is 1190. The lowest BCUT2D eigenvalue weighted by atomic mass is 9.95. The number of aliphatic hydroxyl groups excluding tert-OH is 1. The fourth-order valence-electron chi connectivity index (χ4n) is 3.62. The molecular weight excluding hydrogens is 401 g/mol. The molecule has 0 saturated carbocycles. The molecule has 0 aromatic heterocycles. The maximum atomic E-state index is 13.4. The van der Waals surface area contributed by atoms with E-state index in [2.05, 4.69) is 0 Å². The van der Waals surface area contributed by atoms with Crippen LogP contribution >= 0.6 is 0 Å². The van der Waals surface area contributed by atoms with Crippen LogP contribution < -0.4 is 9.64 Å². The molecule has 156 valence electrons. The van der Waals surface area contributed by atoms with Crippen molar-refractivity contribution in [1.82, 2.24) is 0 Å². The minimum Gasteiger partial charge on any atom is -0.508 e. The Hall–Kier alpha value is -4.13. The molecule has 1 atom stereocenters. The Morgan fingerprint density at radius 3 is 2.29 bits per heavy atom. The summed E-state index contributed by atoms with van der Waals surface area (Å²) in [5.74, 6) is -2.10. The van der Waals surface area contributed by atoms with Gasteiger partial charge < -0.3 is 14.9 Å². The molecule has 1 fully saturated rings. The number of halogens is 1. The van der Waals surface area contributed by atoms with Crippen LogP contribution in [0.5, 0.6) is 11.5 Å². The molecule has 0 spiro atoms. The van der Waals surface area contributed by atoms with Crippen molar-refractivity contribution < 1.29 is 28.9 Å². The van der Waals surface area contributed by atoms with Gasteiger partial charge >= 0.3 is 0 Å². The highest BCUT2D eigenvalue weighted by atomic mass is 19.1. The van der Waals surface area contributed by atoms with Gasteiger partial charge in [0.25, 0.3) is 11.7 Å². The van der Waals surface area contributed by atoms with Crippen LogP contribution in [0.15, 0.2) is 78.4 Å². The van der Waals surface area contributed by atoms with Crippen molar-refractivity contribution in [3.8, 4) is 11.5 Å². The number of carbonyl (C=O) groups is 2. The number of phenols is 1. The first-order chi connectivity index (χ1) is 14.9. The van der Waals surface area contributed by atoms with Crippen molar-refractivity contribution in [2.45, 2.75) is 6.04 Å². The summed E-state index contributed by atoms with van der Waals surface area (Å²) in [7, 11) is 1.50. The number of amides is 1. The van der Waals surface area contributed by atoms with Crippen LogP contribution in [-0.4, -0.2) is 29.0 Å².